The van der Waals surface area contributed by atoms with E-state index in [9.17, 15) is 29.4 Å². The molecule has 7 fully saturated rings. The summed E-state index contributed by atoms with van der Waals surface area (Å²) in [6, 6.07) is 10.9. The first-order valence-corrected chi connectivity index (χ1v) is 30.4. The van der Waals surface area contributed by atoms with Crippen LogP contribution in [0.25, 0.3) is 44.0 Å². The molecule has 6 aromatic rings. The van der Waals surface area contributed by atoms with E-state index in [0.29, 0.717) is 71.8 Å². The Kier molecular flexibility index (Phi) is 14.5. The first kappa shape index (κ1) is 56.0. The highest BCUT2D eigenvalue weighted by atomic mass is 19.1. The maximum Gasteiger partial charge on any atom is 0.414 e. The number of fused-ring (bicyclic) bond motifs is 4. The number of anilines is 1. The van der Waals surface area contributed by atoms with Crippen molar-refractivity contribution in [1.29, 1.82) is 0 Å². The number of terminal acetylenes is 1. The van der Waals surface area contributed by atoms with Crippen LogP contribution in [0.1, 0.15) is 133 Å². The second kappa shape index (κ2) is 21.7. The Balaban J connectivity index is 0.627. The SMILES string of the molecule is C#Cc1c(F)ccc2cc(O)cc(-c3ncc4c(N5CCC[C@@](C)(O)C5)nc(OCC56CCC[N+]5(COC(=O)N5CCC7(CCC(CN8CCC(c9ccc%10c(c9)n(C)c(=O)n%10C9CCC(=O)NC9=O)CC8)CC7)CC5)CCC6)nc4c3F)c12. The molecule has 9 heterocycles. The standard InChI is InChI=1S/C64H74F2N10O8/c1-4-45-48(65)10-8-43-32-44(77)34-46(53(43)45)55-54(66)56-47(35-67-55)57(74-25-5-18-62(2,82)37-74)70-59(69-56)83-38-64-19-6-30-76(64,31-7-20-64)39-84-61(81)73-28-23-63(24-29-73)21-14-40(15-22-63)36-72-26-16-41(17-27-72)42-9-11-49-51(33-42)71(3)60(80)75(49)50-12-13-52(78)68-58(50)79/h1,8-11,32-35,40-41,50,82H,5-7,12-31,36-39H2,2-3H3,(H-,68,77,78,79)/p+1/t50?,62-,64?,76?/m1/s1. The number of β-amino-alcohol motifs (C(OH)–C–C–N with tert-alkyl or cyclic N) is 1. The van der Waals surface area contributed by atoms with Gasteiger partial charge in [-0.2, -0.15) is 9.97 Å². The minimum Gasteiger partial charge on any atom is -0.508 e. The second-order valence-electron chi connectivity index (χ2n) is 26.0. The van der Waals surface area contributed by atoms with Crippen LogP contribution in [-0.4, -0.2) is 150 Å². The summed E-state index contributed by atoms with van der Waals surface area (Å²) in [7, 11) is 1.75. The number of benzene rings is 3. The van der Waals surface area contributed by atoms with Crippen LogP contribution in [0, 0.1) is 35.3 Å². The molecule has 3 aromatic carbocycles. The number of nitrogens with one attached hydrogen (secondary N) is 1. The number of likely N-dealkylation sites (tertiary alicyclic amines) is 2. The summed E-state index contributed by atoms with van der Waals surface area (Å²) in [5.74, 6) is 1.41. The first-order chi connectivity index (χ1) is 40.4. The van der Waals surface area contributed by atoms with Crippen LogP contribution >= 0.6 is 0 Å². The van der Waals surface area contributed by atoms with Gasteiger partial charge in [0, 0.05) is 89.0 Å². The molecule has 84 heavy (non-hydrogen) atoms. The Bertz CT molecular complexity index is 3710. The molecule has 3 amide bonds. The summed E-state index contributed by atoms with van der Waals surface area (Å²) in [6.45, 7) is 9.17. The summed E-state index contributed by atoms with van der Waals surface area (Å²) in [5.41, 5.74) is 1.09. The number of amides is 3. The lowest BCUT2D eigenvalue weighted by molar-refractivity contribution is -0.966. The van der Waals surface area contributed by atoms with E-state index in [1.54, 1.807) is 23.1 Å². The lowest BCUT2D eigenvalue weighted by atomic mass is 9.65. The summed E-state index contributed by atoms with van der Waals surface area (Å²) in [4.78, 5) is 72.5. The molecule has 1 spiro atoms. The number of quaternary nitrogens is 1. The van der Waals surface area contributed by atoms with Gasteiger partial charge in [-0.1, -0.05) is 18.1 Å². The number of hydrogen-bond acceptors (Lipinski definition) is 13. The normalized spacial score (nSPS) is 26.1. The van der Waals surface area contributed by atoms with Gasteiger partial charge in [0.15, 0.2) is 5.82 Å². The van der Waals surface area contributed by atoms with E-state index in [2.05, 4.69) is 33.3 Å². The third-order valence-electron chi connectivity index (χ3n) is 20.9. The largest absolute Gasteiger partial charge is 0.508 e. The van der Waals surface area contributed by atoms with Crippen molar-refractivity contribution >= 4 is 56.4 Å². The number of aromatic nitrogens is 5. The molecule has 6 saturated heterocycles. The maximum absolute atomic E-state index is 17.3. The lowest BCUT2D eigenvalue weighted by Crippen LogP contribution is -2.61. The topological polar surface area (TPSA) is 197 Å². The minimum atomic E-state index is -1.02. The Morgan fingerprint density at radius 3 is 2.38 bits per heavy atom. The summed E-state index contributed by atoms with van der Waals surface area (Å²) >= 11 is 0. The molecule has 3 aromatic heterocycles. The highest BCUT2D eigenvalue weighted by molar-refractivity contribution is 6.03. The molecule has 0 radical (unpaired) electrons. The Morgan fingerprint density at radius 2 is 1.65 bits per heavy atom. The van der Waals surface area contributed by atoms with E-state index in [1.807, 2.05) is 15.9 Å². The van der Waals surface area contributed by atoms with Crippen molar-refractivity contribution in [2.45, 2.75) is 133 Å². The number of hydrogen-bond donors (Lipinski definition) is 3. The number of ether oxygens (including phenoxy) is 2. The first-order valence-electron chi connectivity index (χ1n) is 30.4. The summed E-state index contributed by atoms with van der Waals surface area (Å²) in [5, 5.41) is 25.3. The third kappa shape index (κ3) is 10.0. The molecule has 13 rings (SSSR count). The third-order valence-corrected chi connectivity index (χ3v) is 20.9. The molecule has 7 aliphatic rings. The van der Waals surface area contributed by atoms with Gasteiger partial charge in [-0.15, -0.1) is 6.42 Å². The number of carbonyl (C=O) groups excluding carboxylic acids is 3. The van der Waals surface area contributed by atoms with Gasteiger partial charge < -0.3 is 34.4 Å². The lowest BCUT2D eigenvalue weighted by Gasteiger charge is -2.47. The van der Waals surface area contributed by atoms with Crippen LogP contribution in [0.2, 0.25) is 0 Å². The molecule has 442 valence electrons. The van der Waals surface area contributed by atoms with Gasteiger partial charge in [0.1, 0.15) is 46.8 Å². The fourth-order valence-corrected chi connectivity index (χ4v) is 16.1. The van der Waals surface area contributed by atoms with Gasteiger partial charge in [0.25, 0.3) is 0 Å². The number of piperidine rings is 4. The molecule has 2 atom stereocenters. The fraction of sp³-hybridized carbons (Fsp3) is 0.547. The molecule has 1 unspecified atom stereocenters. The quantitative estimate of drug-likeness (QED) is 0.0635. The minimum absolute atomic E-state index is 0.0416. The number of aliphatic hydroxyl groups is 1. The Morgan fingerprint density at radius 1 is 0.893 bits per heavy atom. The van der Waals surface area contributed by atoms with E-state index in [4.69, 9.17) is 25.9 Å². The second-order valence-corrected chi connectivity index (χ2v) is 26.0. The number of phenolic OH excluding ortho intramolecular Hbond substituents is 1. The fourth-order valence-electron chi connectivity index (χ4n) is 16.1. The predicted octanol–water partition coefficient (Wildman–Crippen LogP) is 8.56. The monoisotopic (exact) mass is 1150 g/mol. The number of nitrogens with zero attached hydrogens (tertiary/aromatic N) is 9. The summed E-state index contributed by atoms with van der Waals surface area (Å²) < 4.78 is 49.2. The van der Waals surface area contributed by atoms with Gasteiger partial charge in [-0.3, -0.25) is 33.5 Å². The van der Waals surface area contributed by atoms with Gasteiger partial charge >= 0.3 is 17.8 Å². The highest BCUT2D eigenvalue weighted by Gasteiger charge is 2.60. The van der Waals surface area contributed by atoms with Crippen molar-refractivity contribution in [3.8, 4) is 35.4 Å². The zero-order valence-electron chi connectivity index (χ0n) is 48.1. The smallest absolute Gasteiger partial charge is 0.414 e. The van der Waals surface area contributed by atoms with E-state index in [1.165, 1.54) is 61.7 Å². The molecule has 0 bridgehead atoms. The van der Waals surface area contributed by atoms with Crippen molar-refractivity contribution in [3.63, 3.8) is 0 Å². The molecule has 1 aliphatic carbocycles. The molecular weight excluding hydrogens is 1070 g/mol. The van der Waals surface area contributed by atoms with Crippen molar-refractivity contribution in [1.82, 2.24) is 39.2 Å². The van der Waals surface area contributed by atoms with Gasteiger partial charge in [0.2, 0.25) is 18.5 Å². The van der Waals surface area contributed by atoms with E-state index in [0.717, 1.165) is 95.1 Å². The van der Waals surface area contributed by atoms with Crippen molar-refractivity contribution < 1.29 is 47.3 Å². The number of imidazole rings is 1. The number of pyridine rings is 1. The van der Waals surface area contributed by atoms with Crippen LogP contribution < -0.4 is 20.6 Å². The van der Waals surface area contributed by atoms with Crippen molar-refractivity contribution in [3.05, 3.63) is 81.9 Å². The number of aromatic hydroxyl groups is 1. The Labute approximate surface area is 486 Å². The van der Waals surface area contributed by atoms with E-state index >= 15 is 8.78 Å². The van der Waals surface area contributed by atoms with E-state index < -0.39 is 29.2 Å². The van der Waals surface area contributed by atoms with Gasteiger partial charge in [-0.25, -0.2) is 18.4 Å². The van der Waals surface area contributed by atoms with Crippen LogP contribution in [0.15, 0.2) is 53.5 Å². The average Bonchev–Trinajstić information content (AvgIpc) is 1.78. The number of aryl methyl sites for hydroxylation is 1. The predicted molar refractivity (Wildman–Crippen MR) is 312 cm³/mol. The van der Waals surface area contributed by atoms with Crippen LogP contribution in [0.4, 0.5) is 19.4 Å². The number of phenols is 1. The number of rotatable bonds is 11. The maximum atomic E-state index is 17.3. The number of halogens is 2. The van der Waals surface area contributed by atoms with Crippen molar-refractivity contribution in [2.75, 3.05) is 77.1 Å². The highest BCUT2D eigenvalue weighted by Crippen LogP contribution is 2.49. The molecular formula is C64H75F2N10O8+. The zero-order chi connectivity index (χ0) is 58.3. The molecule has 6 aliphatic heterocycles. The number of carbonyl (C=O) groups is 3. The van der Waals surface area contributed by atoms with Crippen molar-refractivity contribution in [2.24, 2.45) is 18.4 Å². The average molecular weight is 1150 g/mol. The van der Waals surface area contributed by atoms with Crippen LogP contribution in [-0.2, 0) is 21.4 Å². The van der Waals surface area contributed by atoms with Gasteiger partial charge in [-0.05, 0) is 149 Å². The Hall–Kier alpha value is -7.21. The molecule has 1 saturated carbocycles. The van der Waals surface area contributed by atoms with Crippen LogP contribution in [0.3, 0.4) is 0 Å². The zero-order valence-corrected chi connectivity index (χ0v) is 48.1. The van der Waals surface area contributed by atoms with E-state index in [-0.39, 0.29) is 94.4 Å². The molecule has 3 N–H and O–H groups in total. The van der Waals surface area contributed by atoms with Gasteiger partial charge in [0.05, 0.1) is 40.7 Å². The summed E-state index contributed by atoms with van der Waals surface area (Å²) in [6.07, 6.45) is 21.1. The van der Waals surface area contributed by atoms with Crippen LogP contribution in [0.5, 0.6) is 11.8 Å². The molecule has 20 heteroatoms. The number of imide groups is 1. The molecule has 18 nitrogen and oxygen atoms in total.